The second-order valence-electron chi connectivity index (χ2n) is 5.68. The molecule has 0 unspecified atom stereocenters. The zero-order chi connectivity index (χ0) is 15.9. The minimum atomic E-state index is -0.0308. The predicted octanol–water partition coefficient (Wildman–Crippen LogP) is 4.63. The molecule has 2 aromatic carbocycles. The Bertz CT molecular complexity index is 780. The van der Waals surface area contributed by atoms with Crippen LogP contribution < -0.4 is 4.90 Å². The van der Waals surface area contributed by atoms with E-state index < -0.39 is 0 Å². The van der Waals surface area contributed by atoms with Crippen LogP contribution in [0.2, 0.25) is 0 Å². The molecule has 0 saturated heterocycles. The summed E-state index contributed by atoms with van der Waals surface area (Å²) < 4.78 is 1.04. The summed E-state index contributed by atoms with van der Waals surface area (Å²) in [5.41, 5.74) is 4.26. The van der Waals surface area contributed by atoms with Crippen LogP contribution in [0.4, 0.5) is 11.4 Å². The second kappa shape index (κ2) is 5.69. The quantitative estimate of drug-likeness (QED) is 0.771. The molecule has 1 aliphatic rings. The van der Waals surface area contributed by atoms with Crippen LogP contribution in [-0.4, -0.2) is 17.7 Å². The lowest BCUT2D eigenvalue weighted by Crippen LogP contribution is -2.35. The van der Waals surface area contributed by atoms with Crippen molar-refractivity contribution in [1.82, 2.24) is 0 Å². The number of aryl methyl sites for hydroxylation is 1. The van der Waals surface area contributed by atoms with Gasteiger partial charge in [0.15, 0.2) is 0 Å². The van der Waals surface area contributed by atoms with Gasteiger partial charge in [-0.3, -0.25) is 4.79 Å². The minimum absolute atomic E-state index is 0.0308. The number of hydrogen-bond donors (Lipinski definition) is 0. The highest BCUT2D eigenvalue weighted by Crippen LogP contribution is 2.32. The van der Waals surface area contributed by atoms with Gasteiger partial charge in [0.1, 0.15) is 5.71 Å². The van der Waals surface area contributed by atoms with Gasteiger partial charge in [0, 0.05) is 16.1 Å². The number of anilines is 1. The summed E-state index contributed by atoms with van der Waals surface area (Å²) in [6.07, 6.45) is 0. The van der Waals surface area contributed by atoms with Crippen LogP contribution in [0.15, 0.2) is 51.9 Å². The van der Waals surface area contributed by atoms with Crippen molar-refractivity contribution in [1.29, 1.82) is 0 Å². The summed E-state index contributed by atoms with van der Waals surface area (Å²) in [4.78, 5) is 19.2. The molecule has 3 nitrogen and oxygen atoms in total. The Kier molecular flexibility index (Phi) is 3.87. The first-order valence-electron chi connectivity index (χ1n) is 7.27. The van der Waals surface area contributed by atoms with Gasteiger partial charge in [-0.2, -0.15) is 0 Å². The molecule has 112 valence electrons. The largest absolute Gasteiger partial charge is 0.304 e. The molecular formula is C18H17BrN2O. The molecule has 0 saturated carbocycles. The summed E-state index contributed by atoms with van der Waals surface area (Å²) in [5, 5.41) is 0. The minimum Gasteiger partial charge on any atom is -0.304 e. The summed E-state index contributed by atoms with van der Waals surface area (Å²) in [6, 6.07) is 13.8. The Labute approximate surface area is 138 Å². The highest BCUT2D eigenvalue weighted by molar-refractivity contribution is 9.10. The lowest BCUT2D eigenvalue weighted by atomic mass is 10.1. The maximum Gasteiger partial charge on any atom is 0.277 e. The van der Waals surface area contributed by atoms with E-state index in [1.54, 1.807) is 4.90 Å². The van der Waals surface area contributed by atoms with Crippen molar-refractivity contribution in [3.63, 3.8) is 0 Å². The standard InChI is InChI=1S/C18H17BrN2O/c1-11(2)21-16-7-5-4-6-14(16)17(18(21)22)20-13-8-9-15(19)12(3)10-13/h4-11H,1-3H3. The number of nitrogens with zero attached hydrogens (tertiary/aromatic N) is 2. The van der Waals surface area contributed by atoms with Crippen molar-refractivity contribution >= 4 is 38.9 Å². The summed E-state index contributed by atoms with van der Waals surface area (Å²) in [5.74, 6) is -0.0308. The van der Waals surface area contributed by atoms with Crippen LogP contribution in [0.1, 0.15) is 25.0 Å². The van der Waals surface area contributed by atoms with E-state index in [1.165, 1.54) is 0 Å². The van der Waals surface area contributed by atoms with E-state index in [1.807, 2.05) is 63.2 Å². The van der Waals surface area contributed by atoms with E-state index in [0.717, 1.165) is 27.0 Å². The molecule has 3 rings (SSSR count). The third kappa shape index (κ3) is 2.48. The molecule has 0 atom stereocenters. The molecule has 2 aromatic rings. The predicted molar refractivity (Wildman–Crippen MR) is 94.1 cm³/mol. The highest BCUT2D eigenvalue weighted by atomic mass is 79.9. The Hall–Kier alpha value is -1.94. The summed E-state index contributed by atoms with van der Waals surface area (Å²) in [6.45, 7) is 6.04. The Morgan fingerprint density at radius 3 is 2.55 bits per heavy atom. The number of para-hydroxylation sites is 1. The molecule has 1 aliphatic heterocycles. The van der Waals surface area contributed by atoms with E-state index >= 15 is 0 Å². The second-order valence-corrected chi connectivity index (χ2v) is 6.53. The van der Waals surface area contributed by atoms with Crippen LogP contribution in [0.25, 0.3) is 0 Å². The van der Waals surface area contributed by atoms with Gasteiger partial charge < -0.3 is 4.90 Å². The summed E-state index contributed by atoms with van der Waals surface area (Å²) in [7, 11) is 0. The number of carbonyl (C=O) groups is 1. The van der Waals surface area contributed by atoms with Crippen LogP contribution in [0.5, 0.6) is 0 Å². The van der Waals surface area contributed by atoms with Gasteiger partial charge in [0.25, 0.3) is 5.91 Å². The average molecular weight is 357 g/mol. The molecule has 4 heteroatoms. The van der Waals surface area contributed by atoms with E-state index in [4.69, 9.17) is 0 Å². The van der Waals surface area contributed by atoms with Gasteiger partial charge in [-0.25, -0.2) is 4.99 Å². The van der Waals surface area contributed by atoms with Gasteiger partial charge in [-0.15, -0.1) is 0 Å². The molecular weight excluding hydrogens is 340 g/mol. The van der Waals surface area contributed by atoms with Gasteiger partial charge in [0.05, 0.1) is 11.4 Å². The third-order valence-electron chi connectivity index (χ3n) is 3.74. The fourth-order valence-corrected chi connectivity index (χ4v) is 2.92. The van der Waals surface area contributed by atoms with Crippen molar-refractivity contribution in [2.24, 2.45) is 4.99 Å². The fraction of sp³-hybridized carbons (Fsp3) is 0.222. The van der Waals surface area contributed by atoms with Crippen LogP contribution in [0, 0.1) is 6.92 Å². The van der Waals surface area contributed by atoms with Gasteiger partial charge in [-0.05, 0) is 50.6 Å². The van der Waals surface area contributed by atoms with Crippen molar-refractivity contribution in [3.8, 4) is 0 Å². The SMILES string of the molecule is Cc1cc(N=C2C(=O)N(C(C)C)c3ccccc32)ccc1Br. The van der Waals surface area contributed by atoms with Gasteiger partial charge >= 0.3 is 0 Å². The molecule has 0 radical (unpaired) electrons. The number of benzene rings is 2. The zero-order valence-corrected chi connectivity index (χ0v) is 14.4. The van der Waals surface area contributed by atoms with Crippen molar-refractivity contribution in [2.45, 2.75) is 26.8 Å². The Morgan fingerprint density at radius 2 is 1.86 bits per heavy atom. The topological polar surface area (TPSA) is 32.7 Å². The lowest BCUT2D eigenvalue weighted by molar-refractivity contribution is -0.112. The summed E-state index contributed by atoms with van der Waals surface area (Å²) >= 11 is 3.48. The molecule has 22 heavy (non-hydrogen) atoms. The Balaban J connectivity index is 2.12. The number of carbonyl (C=O) groups excluding carboxylic acids is 1. The number of aliphatic imine (C=N–C) groups is 1. The van der Waals surface area contributed by atoms with Crippen molar-refractivity contribution in [2.75, 3.05) is 4.90 Å². The fourth-order valence-electron chi connectivity index (χ4n) is 2.67. The van der Waals surface area contributed by atoms with Crippen LogP contribution >= 0.6 is 15.9 Å². The van der Waals surface area contributed by atoms with E-state index in [-0.39, 0.29) is 11.9 Å². The number of amides is 1. The normalized spacial score (nSPS) is 15.8. The number of hydrogen-bond acceptors (Lipinski definition) is 2. The monoisotopic (exact) mass is 356 g/mol. The van der Waals surface area contributed by atoms with Crippen molar-refractivity contribution in [3.05, 3.63) is 58.1 Å². The third-order valence-corrected chi connectivity index (χ3v) is 4.63. The van der Waals surface area contributed by atoms with Crippen LogP contribution in [0.3, 0.4) is 0 Å². The highest BCUT2D eigenvalue weighted by Gasteiger charge is 2.35. The Morgan fingerprint density at radius 1 is 1.14 bits per heavy atom. The first-order valence-corrected chi connectivity index (χ1v) is 8.06. The maximum atomic E-state index is 12.7. The average Bonchev–Trinajstić information content (AvgIpc) is 2.76. The van der Waals surface area contributed by atoms with Crippen molar-refractivity contribution < 1.29 is 4.79 Å². The van der Waals surface area contributed by atoms with Crippen LogP contribution in [-0.2, 0) is 4.79 Å². The molecule has 0 N–H and O–H groups in total. The molecule has 1 heterocycles. The maximum absolute atomic E-state index is 12.7. The first-order chi connectivity index (χ1) is 10.5. The van der Waals surface area contributed by atoms with E-state index in [2.05, 4.69) is 20.9 Å². The molecule has 0 fully saturated rings. The molecule has 1 amide bonds. The molecule has 0 bridgehead atoms. The van der Waals surface area contributed by atoms with E-state index in [0.29, 0.717) is 5.71 Å². The molecule has 0 aliphatic carbocycles. The molecule has 0 aromatic heterocycles. The van der Waals surface area contributed by atoms with Gasteiger partial charge in [0.2, 0.25) is 0 Å². The smallest absolute Gasteiger partial charge is 0.277 e. The number of fused-ring (bicyclic) bond motifs is 1. The van der Waals surface area contributed by atoms with Gasteiger partial charge in [-0.1, -0.05) is 34.1 Å². The van der Waals surface area contributed by atoms with E-state index in [9.17, 15) is 4.79 Å². The number of halogens is 1. The zero-order valence-electron chi connectivity index (χ0n) is 12.8. The first kappa shape index (κ1) is 15.0. The number of rotatable bonds is 2. The lowest BCUT2D eigenvalue weighted by Gasteiger charge is -2.20. The molecule has 0 spiro atoms.